The molecule has 1 amide bonds. The van der Waals surface area contributed by atoms with E-state index >= 15 is 0 Å². The van der Waals surface area contributed by atoms with Crippen molar-refractivity contribution in [3.8, 4) is 0 Å². The van der Waals surface area contributed by atoms with E-state index in [2.05, 4.69) is 4.90 Å². The number of nitrogens with zero attached hydrogens (tertiary/aromatic N) is 2. The van der Waals surface area contributed by atoms with Gasteiger partial charge in [0.15, 0.2) is 0 Å². The fourth-order valence-electron chi connectivity index (χ4n) is 4.19. The van der Waals surface area contributed by atoms with Gasteiger partial charge in [0.05, 0.1) is 24.9 Å². The van der Waals surface area contributed by atoms with E-state index in [1.807, 2.05) is 0 Å². The second kappa shape index (κ2) is 8.83. The Hall–Kier alpha value is -2.93. The molecule has 3 aliphatic rings. The maximum absolute atomic E-state index is 13.9. The fraction of sp³-hybridized carbons (Fsp3) is 0.391. The number of piperidine rings is 3. The zero-order valence-corrected chi connectivity index (χ0v) is 16.9. The van der Waals surface area contributed by atoms with Gasteiger partial charge in [-0.1, -0.05) is 18.2 Å². The van der Waals surface area contributed by atoms with Crippen LogP contribution in [-0.4, -0.2) is 49.8 Å². The van der Waals surface area contributed by atoms with E-state index in [-0.39, 0.29) is 12.6 Å². The molecule has 3 saturated heterocycles. The summed E-state index contributed by atoms with van der Waals surface area (Å²) >= 11 is 0. The predicted octanol–water partition coefficient (Wildman–Crippen LogP) is 3.85. The zero-order valence-electron chi connectivity index (χ0n) is 16.9. The number of esters is 1. The summed E-state index contributed by atoms with van der Waals surface area (Å²) in [4.78, 5) is 28.5. The minimum Gasteiger partial charge on any atom is -0.465 e. The number of carbonyl (C=O) groups excluding carboxylic acids is 2. The molecule has 1 atom stereocenters. The highest BCUT2D eigenvalue weighted by Gasteiger charge is 2.37. The van der Waals surface area contributed by atoms with E-state index in [0.29, 0.717) is 17.2 Å². The molecule has 6 nitrogen and oxygen atoms in total. The first-order chi connectivity index (χ1) is 14.5. The Kier molecular flexibility index (Phi) is 5.99. The van der Waals surface area contributed by atoms with Crippen LogP contribution >= 0.6 is 0 Å². The molecule has 158 valence electrons. The van der Waals surface area contributed by atoms with E-state index in [9.17, 15) is 14.0 Å². The van der Waals surface area contributed by atoms with Crippen LogP contribution in [-0.2, 0) is 16.0 Å². The van der Waals surface area contributed by atoms with Crippen LogP contribution < -0.4 is 4.90 Å². The molecular weight excluding hydrogens is 387 g/mol. The minimum absolute atomic E-state index is 0.141. The summed E-state index contributed by atoms with van der Waals surface area (Å²) < 4.78 is 24.5. The molecule has 1 unspecified atom stereocenters. The van der Waals surface area contributed by atoms with E-state index in [1.54, 1.807) is 36.4 Å². The number of carbonyl (C=O) groups is 2. The molecule has 0 aromatic heterocycles. The molecule has 5 rings (SSSR count). The standard InChI is InChI=1S/C23H25FN2O4/c1-29-22(27)18-7-5-16(6-8-18)14-26(20-4-2-3-19(24)13-20)23(28)30-21-15-25-11-9-17(21)10-12-25/h2-8,13,17,21H,9-12,14-15H2,1H3. The van der Waals surface area contributed by atoms with Gasteiger partial charge in [-0.3, -0.25) is 9.80 Å². The number of halogens is 1. The van der Waals surface area contributed by atoms with Crippen LogP contribution in [0.2, 0.25) is 0 Å². The number of hydrogen-bond donors (Lipinski definition) is 0. The number of anilines is 1. The Morgan fingerprint density at radius 3 is 2.47 bits per heavy atom. The highest BCUT2D eigenvalue weighted by atomic mass is 19.1. The zero-order chi connectivity index (χ0) is 21.1. The quantitative estimate of drug-likeness (QED) is 0.699. The van der Waals surface area contributed by atoms with Gasteiger partial charge in [0, 0.05) is 6.54 Å². The second-order valence-electron chi connectivity index (χ2n) is 7.81. The van der Waals surface area contributed by atoms with Gasteiger partial charge in [0.2, 0.25) is 0 Å². The summed E-state index contributed by atoms with van der Waals surface area (Å²) in [6.07, 6.45) is 1.44. The lowest BCUT2D eigenvalue weighted by Crippen LogP contribution is -2.53. The molecule has 30 heavy (non-hydrogen) atoms. The van der Waals surface area contributed by atoms with Crippen molar-refractivity contribution in [3.63, 3.8) is 0 Å². The second-order valence-corrected chi connectivity index (χ2v) is 7.81. The summed E-state index contributed by atoms with van der Waals surface area (Å²) in [6.45, 7) is 3.06. The van der Waals surface area contributed by atoms with Crippen LogP contribution in [0.1, 0.15) is 28.8 Å². The highest BCUT2D eigenvalue weighted by molar-refractivity contribution is 5.89. The molecule has 3 heterocycles. The largest absolute Gasteiger partial charge is 0.465 e. The Balaban J connectivity index is 1.53. The number of benzene rings is 2. The average Bonchev–Trinajstić information content (AvgIpc) is 2.78. The summed E-state index contributed by atoms with van der Waals surface area (Å²) in [5, 5.41) is 0. The minimum atomic E-state index is -0.489. The number of fused-ring (bicyclic) bond motifs is 3. The Morgan fingerprint density at radius 2 is 1.87 bits per heavy atom. The number of amides is 1. The van der Waals surface area contributed by atoms with E-state index in [1.165, 1.54) is 24.1 Å². The van der Waals surface area contributed by atoms with Gasteiger partial charge < -0.3 is 9.47 Å². The molecule has 3 aliphatic heterocycles. The molecule has 0 N–H and O–H groups in total. The molecule has 2 aromatic carbocycles. The molecule has 0 spiro atoms. The Labute approximate surface area is 175 Å². The van der Waals surface area contributed by atoms with Gasteiger partial charge in [-0.05, 0) is 67.7 Å². The van der Waals surface area contributed by atoms with Gasteiger partial charge in [-0.15, -0.1) is 0 Å². The van der Waals surface area contributed by atoms with Crippen LogP contribution in [0.25, 0.3) is 0 Å². The van der Waals surface area contributed by atoms with Gasteiger partial charge in [0.1, 0.15) is 11.9 Å². The van der Waals surface area contributed by atoms with Gasteiger partial charge in [-0.2, -0.15) is 0 Å². The first kappa shape index (κ1) is 20.3. The molecule has 2 aromatic rings. The number of methoxy groups -OCH3 is 1. The molecular formula is C23H25FN2O4. The molecule has 0 radical (unpaired) electrons. The van der Waals surface area contributed by atoms with Crippen molar-refractivity contribution >= 4 is 17.7 Å². The maximum atomic E-state index is 13.9. The van der Waals surface area contributed by atoms with E-state index in [0.717, 1.165) is 38.0 Å². The Morgan fingerprint density at radius 1 is 1.13 bits per heavy atom. The van der Waals surface area contributed by atoms with Crippen molar-refractivity contribution in [2.24, 2.45) is 5.92 Å². The third kappa shape index (κ3) is 4.46. The maximum Gasteiger partial charge on any atom is 0.414 e. The van der Waals surface area contributed by atoms with E-state index in [4.69, 9.17) is 9.47 Å². The predicted molar refractivity (Wildman–Crippen MR) is 110 cm³/mol. The van der Waals surface area contributed by atoms with Crippen LogP contribution in [0, 0.1) is 11.7 Å². The third-order valence-corrected chi connectivity index (χ3v) is 5.90. The lowest BCUT2D eigenvalue weighted by atomic mass is 9.86. The number of hydrogen-bond acceptors (Lipinski definition) is 5. The normalized spacial score (nSPS) is 22.4. The first-order valence-electron chi connectivity index (χ1n) is 10.2. The highest BCUT2D eigenvalue weighted by Crippen LogP contribution is 2.30. The van der Waals surface area contributed by atoms with Crippen molar-refractivity contribution in [1.82, 2.24) is 4.90 Å². The average molecular weight is 412 g/mol. The third-order valence-electron chi connectivity index (χ3n) is 5.90. The van der Waals surface area contributed by atoms with Gasteiger partial charge >= 0.3 is 12.1 Å². The first-order valence-corrected chi connectivity index (χ1v) is 10.2. The molecule has 7 heteroatoms. The molecule has 2 bridgehead atoms. The molecule has 0 aliphatic carbocycles. The van der Waals surface area contributed by atoms with Crippen molar-refractivity contribution < 1.29 is 23.5 Å². The van der Waals surface area contributed by atoms with Crippen LogP contribution in [0.5, 0.6) is 0 Å². The molecule has 3 fully saturated rings. The summed E-state index contributed by atoms with van der Waals surface area (Å²) in [5.74, 6) is -0.466. The summed E-state index contributed by atoms with van der Waals surface area (Å²) in [7, 11) is 1.33. The van der Waals surface area contributed by atoms with Crippen molar-refractivity contribution in [3.05, 3.63) is 65.5 Å². The molecule has 0 saturated carbocycles. The van der Waals surface area contributed by atoms with Crippen LogP contribution in [0.15, 0.2) is 48.5 Å². The van der Waals surface area contributed by atoms with Gasteiger partial charge in [0.25, 0.3) is 0 Å². The lowest BCUT2D eigenvalue weighted by molar-refractivity contribution is -0.0311. The SMILES string of the molecule is COC(=O)c1ccc(CN(C(=O)OC2CN3CCC2CC3)c2cccc(F)c2)cc1. The fourth-order valence-corrected chi connectivity index (χ4v) is 4.19. The van der Waals surface area contributed by atoms with Crippen molar-refractivity contribution in [2.75, 3.05) is 31.6 Å². The smallest absolute Gasteiger partial charge is 0.414 e. The Bertz CT molecular complexity index is 910. The summed E-state index contributed by atoms with van der Waals surface area (Å²) in [5.41, 5.74) is 1.64. The monoisotopic (exact) mass is 412 g/mol. The van der Waals surface area contributed by atoms with Crippen molar-refractivity contribution in [1.29, 1.82) is 0 Å². The number of ether oxygens (including phenoxy) is 2. The van der Waals surface area contributed by atoms with E-state index < -0.39 is 17.9 Å². The topological polar surface area (TPSA) is 59.1 Å². The van der Waals surface area contributed by atoms with Crippen LogP contribution in [0.3, 0.4) is 0 Å². The lowest BCUT2D eigenvalue weighted by Gasteiger charge is -2.44. The van der Waals surface area contributed by atoms with Crippen LogP contribution in [0.4, 0.5) is 14.9 Å². The number of rotatable bonds is 5. The summed E-state index contributed by atoms with van der Waals surface area (Å²) in [6, 6.07) is 12.7. The van der Waals surface area contributed by atoms with Gasteiger partial charge in [-0.25, -0.2) is 14.0 Å². The van der Waals surface area contributed by atoms with Crippen molar-refractivity contribution in [2.45, 2.75) is 25.5 Å².